The van der Waals surface area contributed by atoms with Crippen molar-refractivity contribution < 1.29 is 19.1 Å². The number of carbonyl (C=O) groups is 2. The van der Waals surface area contributed by atoms with Crippen LogP contribution in [0.3, 0.4) is 0 Å². The molecule has 0 aliphatic carbocycles. The number of fused-ring (bicyclic) bond motifs is 1. The van der Waals surface area contributed by atoms with E-state index in [-0.39, 0.29) is 18.6 Å². The molecule has 2 aromatic carbocycles. The normalized spacial score (nSPS) is 16.6. The van der Waals surface area contributed by atoms with E-state index in [9.17, 15) is 9.59 Å². The molecule has 27 heavy (non-hydrogen) atoms. The van der Waals surface area contributed by atoms with Crippen LogP contribution >= 0.6 is 23.2 Å². The Morgan fingerprint density at radius 1 is 1.22 bits per heavy atom. The third-order valence-electron chi connectivity index (χ3n) is 4.34. The molecule has 1 heterocycles. The van der Waals surface area contributed by atoms with Gasteiger partial charge in [-0.25, -0.2) is 4.79 Å². The van der Waals surface area contributed by atoms with Crippen molar-refractivity contribution in [2.24, 2.45) is 0 Å². The van der Waals surface area contributed by atoms with E-state index in [1.54, 1.807) is 24.0 Å². The Kier molecular flexibility index (Phi) is 5.92. The van der Waals surface area contributed by atoms with E-state index >= 15 is 0 Å². The summed E-state index contributed by atoms with van der Waals surface area (Å²) >= 11 is 11.8. The molecular formula is C20H19Cl2NO4. The molecule has 7 heteroatoms. The van der Waals surface area contributed by atoms with Gasteiger partial charge in [-0.1, -0.05) is 41.4 Å². The highest BCUT2D eigenvalue weighted by atomic mass is 35.5. The van der Waals surface area contributed by atoms with Crippen molar-refractivity contribution >= 4 is 40.8 Å². The van der Waals surface area contributed by atoms with Crippen LogP contribution in [0.4, 0.5) is 5.69 Å². The number of esters is 1. The van der Waals surface area contributed by atoms with Gasteiger partial charge in [0.25, 0.3) is 5.91 Å². The van der Waals surface area contributed by atoms with E-state index in [0.717, 1.165) is 17.7 Å². The van der Waals surface area contributed by atoms with Crippen LogP contribution in [0.1, 0.15) is 19.4 Å². The number of ether oxygens (including phenoxy) is 2. The Labute approximate surface area is 167 Å². The number of hydrogen-bond acceptors (Lipinski definition) is 4. The number of nitrogens with zero attached hydrogens (tertiary/aromatic N) is 1. The largest absolute Gasteiger partial charge is 0.480 e. The van der Waals surface area contributed by atoms with Crippen molar-refractivity contribution in [1.29, 1.82) is 0 Å². The minimum atomic E-state index is -0.921. The maximum atomic E-state index is 12.8. The van der Waals surface area contributed by atoms with Gasteiger partial charge >= 0.3 is 5.97 Å². The van der Waals surface area contributed by atoms with E-state index < -0.39 is 12.1 Å². The lowest BCUT2D eigenvalue weighted by Crippen LogP contribution is -2.43. The van der Waals surface area contributed by atoms with Gasteiger partial charge in [-0.2, -0.15) is 0 Å². The summed E-state index contributed by atoms with van der Waals surface area (Å²) in [7, 11) is 0. The van der Waals surface area contributed by atoms with Gasteiger partial charge in [0.2, 0.25) is 0 Å². The summed E-state index contributed by atoms with van der Waals surface area (Å²) < 4.78 is 10.6. The molecule has 0 fully saturated rings. The second kappa shape index (κ2) is 8.19. The minimum absolute atomic E-state index is 0.0141. The van der Waals surface area contributed by atoms with Gasteiger partial charge < -0.3 is 14.4 Å². The van der Waals surface area contributed by atoms with Gasteiger partial charge in [0.05, 0.1) is 5.02 Å². The molecule has 1 amide bonds. The van der Waals surface area contributed by atoms with Crippen LogP contribution in [0.2, 0.25) is 10.0 Å². The van der Waals surface area contributed by atoms with Gasteiger partial charge in [0.1, 0.15) is 5.75 Å². The molecule has 2 aromatic rings. The van der Waals surface area contributed by atoms with Crippen molar-refractivity contribution in [3.05, 3.63) is 58.1 Å². The summed E-state index contributed by atoms with van der Waals surface area (Å²) in [5, 5.41) is 0.760. The van der Waals surface area contributed by atoms with Crippen molar-refractivity contribution in [2.45, 2.75) is 32.4 Å². The summed E-state index contributed by atoms with van der Waals surface area (Å²) in [5.74, 6) is -0.591. The molecule has 0 unspecified atom stereocenters. The highest BCUT2D eigenvalue weighted by Gasteiger charge is 2.34. The molecule has 0 saturated carbocycles. The number of carbonyl (C=O) groups excluding carboxylic acids is 2. The molecule has 0 saturated heterocycles. The van der Waals surface area contributed by atoms with Gasteiger partial charge in [0.15, 0.2) is 12.7 Å². The van der Waals surface area contributed by atoms with Crippen molar-refractivity contribution in [1.82, 2.24) is 0 Å². The maximum absolute atomic E-state index is 12.8. The van der Waals surface area contributed by atoms with Crippen LogP contribution in [0.25, 0.3) is 0 Å². The van der Waals surface area contributed by atoms with Gasteiger partial charge in [0, 0.05) is 16.8 Å². The predicted octanol–water partition coefficient (Wildman–Crippen LogP) is 4.28. The second-order valence-corrected chi connectivity index (χ2v) is 7.23. The summed E-state index contributed by atoms with van der Waals surface area (Å²) in [6.45, 7) is 3.17. The number of amides is 1. The van der Waals surface area contributed by atoms with E-state index in [2.05, 4.69) is 0 Å². The molecule has 1 aliphatic rings. The van der Waals surface area contributed by atoms with E-state index in [0.29, 0.717) is 15.8 Å². The Bertz CT molecular complexity index is 871. The molecule has 1 aliphatic heterocycles. The Balaban J connectivity index is 1.59. The lowest BCUT2D eigenvalue weighted by molar-refractivity contribution is -0.155. The van der Waals surface area contributed by atoms with E-state index in [4.69, 9.17) is 32.7 Å². The van der Waals surface area contributed by atoms with Crippen LogP contribution in [0, 0.1) is 0 Å². The van der Waals surface area contributed by atoms with E-state index in [1.165, 1.54) is 6.07 Å². The van der Waals surface area contributed by atoms with Crippen molar-refractivity contribution in [3.8, 4) is 5.75 Å². The molecule has 0 spiro atoms. The Morgan fingerprint density at radius 2 is 1.96 bits per heavy atom. The maximum Gasteiger partial charge on any atom is 0.344 e. The van der Waals surface area contributed by atoms with Gasteiger partial charge in [-0.15, -0.1) is 0 Å². The topological polar surface area (TPSA) is 55.8 Å². The standard InChI is InChI=1S/C20H19Cl2NO4/c1-12-9-14-5-3-4-6-17(14)23(12)20(25)13(2)27-19(24)11-26-18-8-7-15(21)10-16(18)22/h3-8,10,12-13H,9,11H2,1-2H3/t12-,13-/m1/s1. The number of halogens is 2. The molecule has 5 nitrogen and oxygen atoms in total. The highest BCUT2D eigenvalue weighted by Crippen LogP contribution is 2.32. The van der Waals surface area contributed by atoms with Crippen LogP contribution < -0.4 is 9.64 Å². The van der Waals surface area contributed by atoms with Crippen LogP contribution in [-0.2, 0) is 20.7 Å². The quantitative estimate of drug-likeness (QED) is 0.693. The third-order valence-corrected chi connectivity index (χ3v) is 4.87. The molecule has 3 rings (SSSR count). The molecule has 0 radical (unpaired) electrons. The summed E-state index contributed by atoms with van der Waals surface area (Å²) in [6, 6.07) is 12.4. The first-order chi connectivity index (χ1) is 12.9. The monoisotopic (exact) mass is 407 g/mol. The molecule has 0 aromatic heterocycles. The molecule has 142 valence electrons. The average Bonchev–Trinajstić information content (AvgIpc) is 2.96. The number of hydrogen-bond donors (Lipinski definition) is 0. The van der Waals surface area contributed by atoms with Gasteiger partial charge in [-0.3, -0.25) is 4.79 Å². The highest BCUT2D eigenvalue weighted by molar-refractivity contribution is 6.35. The summed E-state index contributed by atoms with van der Waals surface area (Å²) in [5.41, 5.74) is 1.97. The predicted molar refractivity (Wildman–Crippen MR) is 105 cm³/mol. The fourth-order valence-electron chi connectivity index (χ4n) is 3.11. The SMILES string of the molecule is C[C@@H]1Cc2ccccc2N1C(=O)[C@@H](C)OC(=O)COc1ccc(Cl)cc1Cl. The van der Waals surface area contributed by atoms with Crippen molar-refractivity contribution in [3.63, 3.8) is 0 Å². The van der Waals surface area contributed by atoms with E-state index in [1.807, 2.05) is 31.2 Å². The molecule has 2 atom stereocenters. The second-order valence-electron chi connectivity index (χ2n) is 6.39. The molecule has 0 N–H and O–H groups in total. The van der Waals surface area contributed by atoms with Crippen LogP contribution in [0.15, 0.2) is 42.5 Å². The number of para-hydroxylation sites is 1. The number of anilines is 1. The smallest absolute Gasteiger partial charge is 0.344 e. The Hall–Kier alpha value is -2.24. The van der Waals surface area contributed by atoms with Crippen LogP contribution in [-0.4, -0.2) is 30.6 Å². The third kappa shape index (κ3) is 4.37. The van der Waals surface area contributed by atoms with Crippen molar-refractivity contribution in [2.75, 3.05) is 11.5 Å². The van der Waals surface area contributed by atoms with Crippen LogP contribution in [0.5, 0.6) is 5.75 Å². The Morgan fingerprint density at radius 3 is 2.70 bits per heavy atom. The fraction of sp³-hybridized carbons (Fsp3) is 0.300. The summed E-state index contributed by atoms with van der Waals surface area (Å²) in [6.07, 6.45) is -0.142. The number of benzene rings is 2. The lowest BCUT2D eigenvalue weighted by Gasteiger charge is -2.25. The zero-order chi connectivity index (χ0) is 19.6. The molecular weight excluding hydrogens is 389 g/mol. The molecule has 0 bridgehead atoms. The first-order valence-electron chi connectivity index (χ1n) is 8.55. The lowest BCUT2D eigenvalue weighted by atomic mass is 10.1. The zero-order valence-electron chi connectivity index (χ0n) is 14.9. The first-order valence-corrected chi connectivity index (χ1v) is 9.30. The first kappa shape index (κ1) is 19.5. The van der Waals surface area contributed by atoms with Gasteiger partial charge in [-0.05, 0) is 50.1 Å². The zero-order valence-corrected chi connectivity index (χ0v) is 16.5. The fourth-order valence-corrected chi connectivity index (χ4v) is 3.57. The minimum Gasteiger partial charge on any atom is -0.480 e. The average molecular weight is 408 g/mol. The summed E-state index contributed by atoms with van der Waals surface area (Å²) in [4.78, 5) is 26.5. The number of rotatable bonds is 5.